The van der Waals surface area contributed by atoms with Crippen LogP contribution in [0.15, 0.2) is 0 Å². The number of rotatable bonds is 26. The van der Waals surface area contributed by atoms with Crippen molar-refractivity contribution in [2.24, 2.45) is 0 Å². The largest absolute Gasteiger partial charge is 0.472 e. The van der Waals surface area contributed by atoms with E-state index in [2.05, 4.69) is 6.92 Å². The van der Waals surface area contributed by atoms with Gasteiger partial charge in [0.2, 0.25) is 0 Å². The van der Waals surface area contributed by atoms with E-state index < -0.39 is 57.2 Å². The third-order valence-electron chi connectivity index (χ3n) is 7.71. The Kier molecular flexibility index (Phi) is 22.0. The quantitative estimate of drug-likeness (QED) is 0.0556. The van der Waals surface area contributed by atoms with Gasteiger partial charge in [0.05, 0.1) is 13.2 Å². The predicted molar refractivity (Wildman–Crippen MR) is 156 cm³/mol. The van der Waals surface area contributed by atoms with Crippen molar-refractivity contribution in [3.05, 3.63) is 0 Å². The van der Waals surface area contributed by atoms with Crippen LogP contribution in [0, 0.1) is 0 Å². The van der Waals surface area contributed by atoms with E-state index in [4.69, 9.17) is 13.8 Å². The van der Waals surface area contributed by atoms with Gasteiger partial charge in [-0.15, -0.1) is 0 Å². The van der Waals surface area contributed by atoms with Crippen LogP contribution in [-0.2, 0) is 18.3 Å². The molecule has 0 amide bonds. The summed E-state index contributed by atoms with van der Waals surface area (Å²) >= 11 is 0. The Morgan fingerprint density at radius 1 is 0.585 bits per heavy atom. The summed E-state index contributed by atoms with van der Waals surface area (Å²) in [6.45, 7) is 1.98. The molecule has 1 aliphatic carbocycles. The highest BCUT2D eigenvalue weighted by Gasteiger charge is 2.51. The van der Waals surface area contributed by atoms with E-state index >= 15 is 0 Å². The van der Waals surface area contributed by atoms with Gasteiger partial charge in [-0.05, 0) is 6.42 Å². The van der Waals surface area contributed by atoms with E-state index in [0.717, 1.165) is 19.3 Å². The molecule has 246 valence electrons. The fraction of sp³-hybridized carbons (Fsp3) is 1.00. The van der Waals surface area contributed by atoms with E-state index in [0.29, 0.717) is 6.61 Å². The van der Waals surface area contributed by atoms with Crippen molar-refractivity contribution in [3.63, 3.8) is 0 Å². The molecule has 11 nitrogen and oxygen atoms in total. The Morgan fingerprint density at radius 2 is 0.951 bits per heavy atom. The molecular formula is C29H59O11P. The van der Waals surface area contributed by atoms with E-state index in [1.165, 1.54) is 96.3 Å². The van der Waals surface area contributed by atoms with Crippen molar-refractivity contribution in [2.75, 3.05) is 19.8 Å². The summed E-state index contributed by atoms with van der Waals surface area (Å²) in [7, 11) is -4.88. The van der Waals surface area contributed by atoms with Crippen LogP contribution in [0.25, 0.3) is 0 Å². The van der Waals surface area contributed by atoms with Crippen molar-refractivity contribution >= 4 is 7.82 Å². The smallest absolute Gasteiger partial charge is 0.388 e. The summed E-state index contributed by atoms with van der Waals surface area (Å²) in [5.74, 6) is 0. The van der Waals surface area contributed by atoms with Crippen LogP contribution in [0.4, 0.5) is 0 Å². The number of phosphoric ester groups is 1. The number of hydrogen-bond acceptors (Lipinski definition) is 10. The van der Waals surface area contributed by atoms with Gasteiger partial charge in [-0.1, -0.05) is 116 Å². The fourth-order valence-corrected chi connectivity index (χ4v) is 6.04. The summed E-state index contributed by atoms with van der Waals surface area (Å²) in [6.07, 6.45) is 10.6. The molecule has 0 bridgehead atoms. The molecule has 12 heteroatoms. The summed E-state index contributed by atoms with van der Waals surface area (Å²) in [5.41, 5.74) is 0. The molecule has 6 unspecified atom stereocenters. The van der Waals surface area contributed by atoms with Crippen LogP contribution in [-0.4, -0.2) is 98.1 Å². The number of aliphatic hydroxyl groups excluding tert-OH is 6. The number of aliphatic hydroxyl groups is 6. The maximum absolute atomic E-state index is 12.1. The minimum Gasteiger partial charge on any atom is -0.388 e. The van der Waals surface area contributed by atoms with Gasteiger partial charge in [0.15, 0.2) is 0 Å². The monoisotopic (exact) mass is 614 g/mol. The van der Waals surface area contributed by atoms with E-state index in [9.17, 15) is 40.1 Å². The standard InChI is InChI=1S/C29H59O11P/c1-2-3-4-5-6-7-8-9-10-11-12-13-14-15-16-17-18-19-20-38-21-23(30)22-39-41(36,37)40-29-27(34)25(32)24(31)26(33)28(29)35/h23-35H,2-22H2,1H3,(H,36,37)/t23-,24?,25-,26?,27?,28?,29?/m1/s1. The highest BCUT2D eigenvalue weighted by molar-refractivity contribution is 7.47. The second-order valence-corrected chi connectivity index (χ2v) is 12.9. The van der Waals surface area contributed by atoms with E-state index in [-0.39, 0.29) is 6.61 Å². The molecule has 41 heavy (non-hydrogen) atoms. The molecule has 1 fully saturated rings. The van der Waals surface area contributed by atoms with Gasteiger partial charge in [-0.2, -0.15) is 0 Å². The molecule has 1 saturated carbocycles. The third-order valence-corrected chi connectivity index (χ3v) is 8.70. The Bertz CT molecular complexity index is 655. The van der Waals surface area contributed by atoms with Gasteiger partial charge in [-0.3, -0.25) is 9.05 Å². The average molecular weight is 615 g/mol. The van der Waals surface area contributed by atoms with Crippen molar-refractivity contribution < 1.29 is 53.9 Å². The van der Waals surface area contributed by atoms with Gasteiger partial charge in [0, 0.05) is 6.61 Å². The minimum atomic E-state index is -4.88. The molecular weight excluding hydrogens is 555 g/mol. The molecule has 0 aromatic heterocycles. The fourth-order valence-electron chi connectivity index (χ4n) is 5.06. The summed E-state index contributed by atoms with van der Waals surface area (Å²) in [4.78, 5) is 9.84. The first-order valence-electron chi connectivity index (χ1n) is 15.9. The van der Waals surface area contributed by atoms with Crippen molar-refractivity contribution in [2.45, 2.75) is 165 Å². The van der Waals surface area contributed by atoms with E-state index in [1.807, 2.05) is 0 Å². The Morgan fingerprint density at radius 3 is 1.37 bits per heavy atom. The molecule has 0 aromatic carbocycles. The molecule has 0 spiro atoms. The lowest BCUT2D eigenvalue weighted by atomic mass is 9.85. The second kappa shape index (κ2) is 23.2. The lowest BCUT2D eigenvalue weighted by Crippen LogP contribution is -2.64. The molecule has 0 radical (unpaired) electrons. The predicted octanol–water partition coefficient (Wildman–Crippen LogP) is 3.73. The van der Waals surface area contributed by atoms with Crippen LogP contribution in [0.1, 0.15) is 122 Å². The van der Waals surface area contributed by atoms with Gasteiger partial charge >= 0.3 is 7.82 Å². The first-order valence-corrected chi connectivity index (χ1v) is 17.4. The molecule has 8 atom stereocenters. The van der Waals surface area contributed by atoms with Gasteiger partial charge in [-0.25, -0.2) is 4.57 Å². The highest BCUT2D eigenvalue weighted by atomic mass is 31.2. The Labute approximate surface area is 246 Å². The SMILES string of the molecule is CCCCCCCCCCCCCCCCCCCCOC[C@@H](O)COP(=O)(O)OC1C(O)C(O)C(O)[C@@H](O)C1O. The lowest BCUT2D eigenvalue weighted by Gasteiger charge is -2.41. The Hall–Kier alpha value is -0.170. The summed E-state index contributed by atoms with van der Waals surface area (Å²) in [6, 6.07) is 0. The van der Waals surface area contributed by atoms with Crippen LogP contribution < -0.4 is 0 Å². The second-order valence-electron chi connectivity index (χ2n) is 11.5. The normalized spacial score (nSPS) is 27.1. The number of unbranched alkanes of at least 4 members (excludes halogenated alkanes) is 17. The van der Waals surface area contributed by atoms with E-state index in [1.54, 1.807) is 0 Å². The number of hydrogen-bond donors (Lipinski definition) is 7. The molecule has 0 aliphatic heterocycles. The maximum Gasteiger partial charge on any atom is 0.472 e. The molecule has 1 rings (SSSR count). The average Bonchev–Trinajstić information content (AvgIpc) is 2.95. The topological polar surface area (TPSA) is 186 Å². The van der Waals surface area contributed by atoms with Gasteiger partial charge < -0.3 is 40.3 Å². The zero-order chi connectivity index (χ0) is 30.5. The van der Waals surface area contributed by atoms with Crippen LogP contribution >= 0.6 is 7.82 Å². The zero-order valence-corrected chi connectivity index (χ0v) is 26.0. The highest BCUT2D eigenvalue weighted by Crippen LogP contribution is 2.47. The molecule has 7 N–H and O–H groups in total. The van der Waals surface area contributed by atoms with Gasteiger partial charge in [0.25, 0.3) is 0 Å². The minimum absolute atomic E-state index is 0.114. The van der Waals surface area contributed by atoms with Crippen LogP contribution in [0.5, 0.6) is 0 Å². The third kappa shape index (κ3) is 17.6. The van der Waals surface area contributed by atoms with Crippen molar-refractivity contribution in [1.29, 1.82) is 0 Å². The Balaban J connectivity index is 1.94. The molecule has 0 saturated heterocycles. The van der Waals surface area contributed by atoms with Crippen LogP contribution in [0.2, 0.25) is 0 Å². The van der Waals surface area contributed by atoms with Crippen molar-refractivity contribution in [3.8, 4) is 0 Å². The maximum atomic E-state index is 12.1. The number of phosphoric acid groups is 1. The lowest BCUT2D eigenvalue weighted by molar-refractivity contribution is -0.220. The summed E-state index contributed by atoms with van der Waals surface area (Å²) in [5, 5.41) is 58.7. The molecule has 0 aromatic rings. The first-order chi connectivity index (χ1) is 19.6. The van der Waals surface area contributed by atoms with Crippen LogP contribution in [0.3, 0.4) is 0 Å². The number of ether oxygens (including phenoxy) is 1. The molecule has 1 aliphatic rings. The summed E-state index contributed by atoms with van der Waals surface area (Å²) < 4.78 is 26.9. The molecule has 0 heterocycles. The van der Waals surface area contributed by atoms with Crippen molar-refractivity contribution in [1.82, 2.24) is 0 Å². The zero-order valence-electron chi connectivity index (χ0n) is 25.1. The van der Waals surface area contributed by atoms with Gasteiger partial charge in [0.1, 0.15) is 42.7 Å². The first kappa shape index (κ1) is 38.9.